The minimum Gasteiger partial charge on any atom is -0.493 e. The lowest BCUT2D eigenvalue weighted by molar-refractivity contribution is 0.0980. The molecule has 4 rings (SSSR count). The molecule has 0 radical (unpaired) electrons. The predicted molar refractivity (Wildman–Crippen MR) is 153 cm³/mol. The number of aliphatic hydroxyl groups excluding tert-OH is 1. The number of hydrogen-bond donors (Lipinski definition) is 3. The maximum Gasteiger partial charge on any atom is 0.404 e. The van der Waals surface area contributed by atoms with Crippen LogP contribution in [-0.4, -0.2) is 67.7 Å². The number of fused-ring (bicyclic) bond motifs is 1. The average molecular weight is 585 g/mol. The summed E-state index contributed by atoms with van der Waals surface area (Å²) in [5.41, 5.74) is 1.93. The highest BCUT2D eigenvalue weighted by Crippen LogP contribution is 2.35. The van der Waals surface area contributed by atoms with E-state index in [0.29, 0.717) is 23.9 Å². The van der Waals surface area contributed by atoms with E-state index < -0.39 is 28.3 Å². The lowest BCUT2D eigenvalue weighted by Gasteiger charge is -2.30. The Morgan fingerprint density at radius 1 is 0.976 bits per heavy atom. The lowest BCUT2D eigenvalue weighted by atomic mass is 10.0. The minimum absolute atomic E-state index is 0.000182. The Balaban J connectivity index is 1.43. The monoisotopic (exact) mass is 584 g/mol. The molecular weight excluding hydrogens is 548 g/mol. The standard InChI is InChI=1S/C30H36N2O8S/c1-21(2)18-32(41(36,37)25-12-13-28-29(17-25)40-20-39-28)19-27(33)26(31-30(34)35)16-23-8-10-24(11-9-23)38-15-14-22-6-4-3-5-7-22/h3-13,17,21,26-27,31,33H,14-16,18-20H2,1-2H3,(H,34,35)/t26-,27-/m0/s1. The average Bonchev–Trinajstić information content (AvgIpc) is 3.41. The van der Waals surface area contributed by atoms with Gasteiger partial charge in [0, 0.05) is 25.6 Å². The minimum atomic E-state index is -4.04. The zero-order valence-corrected chi connectivity index (χ0v) is 23.9. The number of carbonyl (C=O) groups is 1. The Morgan fingerprint density at radius 3 is 2.37 bits per heavy atom. The molecule has 10 nitrogen and oxygen atoms in total. The quantitative estimate of drug-likeness (QED) is 0.260. The van der Waals surface area contributed by atoms with Crippen molar-refractivity contribution in [2.75, 3.05) is 26.5 Å². The summed E-state index contributed by atoms with van der Waals surface area (Å²) in [4.78, 5) is 11.6. The van der Waals surface area contributed by atoms with Gasteiger partial charge in [-0.25, -0.2) is 13.2 Å². The van der Waals surface area contributed by atoms with Crippen molar-refractivity contribution in [3.05, 3.63) is 83.9 Å². The summed E-state index contributed by atoms with van der Waals surface area (Å²) in [5.74, 6) is 1.41. The molecule has 0 fully saturated rings. The summed E-state index contributed by atoms with van der Waals surface area (Å²) in [6.07, 6.45) is -1.72. The van der Waals surface area contributed by atoms with Crippen LogP contribution in [0.15, 0.2) is 77.7 Å². The van der Waals surface area contributed by atoms with Crippen LogP contribution in [0, 0.1) is 5.92 Å². The molecule has 0 spiro atoms. The van der Waals surface area contributed by atoms with Crippen LogP contribution < -0.4 is 19.5 Å². The van der Waals surface area contributed by atoms with E-state index in [2.05, 4.69) is 5.32 Å². The van der Waals surface area contributed by atoms with Gasteiger partial charge in [-0.2, -0.15) is 4.31 Å². The van der Waals surface area contributed by atoms with Crippen molar-refractivity contribution >= 4 is 16.1 Å². The summed E-state index contributed by atoms with van der Waals surface area (Å²) in [6.45, 7) is 4.07. The van der Waals surface area contributed by atoms with E-state index in [9.17, 15) is 23.4 Å². The first-order valence-corrected chi connectivity index (χ1v) is 14.9. The third-order valence-electron chi connectivity index (χ3n) is 6.60. The molecule has 0 unspecified atom stereocenters. The van der Waals surface area contributed by atoms with Crippen LogP contribution in [0.3, 0.4) is 0 Å². The molecular formula is C30H36N2O8S. The number of carboxylic acid groups (broad SMARTS) is 1. The first-order chi connectivity index (χ1) is 19.6. The van der Waals surface area contributed by atoms with Gasteiger partial charge >= 0.3 is 6.09 Å². The van der Waals surface area contributed by atoms with Gasteiger partial charge in [0.05, 0.1) is 23.6 Å². The fraction of sp³-hybridized carbons (Fsp3) is 0.367. The van der Waals surface area contributed by atoms with Crippen LogP contribution in [0.5, 0.6) is 17.2 Å². The Hall–Kier alpha value is -3.80. The highest BCUT2D eigenvalue weighted by Gasteiger charge is 2.32. The van der Waals surface area contributed by atoms with Crippen molar-refractivity contribution in [1.82, 2.24) is 9.62 Å². The largest absolute Gasteiger partial charge is 0.493 e. The van der Waals surface area contributed by atoms with Crippen molar-refractivity contribution in [3.8, 4) is 17.2 Å². The van der Waals surface area contributed by atoms with E-state index in [1.807, 2.05) is 44.2 Å². The molecule has 2 atom stereocenters. The molecule has 1 amide bonds. The Bertz CT molecular complexity index is 1400. The first kappa shape index (κ1) is 30.2. The van der Waals surface area contributed by atoms with E-state index >= 15 is 0 Å². The van der Waals surface area contributed by atoms with E-state index in [4.69, 9.17) is 14.2 Å². The van der Waals surface area contributed by atoms with Crippen molar-refractivity contribution < 1.29 is 37.6 Å². The SMILES string of the molecule is CC(C)CN(C[C@H](O)[C@H](Cc1ccc(OCCc2ccccc2)cc1)NC(=O)O)S(=O)(=O)c1ccc2c(c1)OCO2. The van der Waals surface area contributed by atoms with Gasteiger partial charge in [-0.15, -0.1) is 0 Å². The van der Waals surface area contributed by atoms with Crippen molar-refractivity contribution in [1.29, 1.82) is 0 Å². The van der Waals surface area contributed by atoms with Gasteiger partial charge < -0.3 is 29.7 Å². The van der Waals surface area contributed by atoms with Gasteiger partial charge in [0.2, 0.25) is 16.8 Å². The maximum absolute atomic E-state index is 13.6. The maximum atomic E-state index is 13.6. The molecule has 0 aliphatic carbocycles. The number of aliphatic hydroxyl groups is 1. The fourth-order valence-corrected chi connectivity index (χ4v) is 6.19. The number of ether oxygens (including phenoxy) is 3. The number of nitrogens with one attached hydrogen (secondary N) is 1. The molecule has 3 aromatic carbocycles. The molecule has 0 saturated heterocycles. The molecule has 1 heterocycles. The van der Waals surface area contributed by atoms with Crippen LogP contribution >= 0.6 is 0 Å². The molecule has 1 aliphatic rings. The van der Waals surface area contributed by atoms with E-state index in [1.165, 1.54) is 28.1 Å². The third-order valence-corrected chi connectivity index (χ3v) is 8.42. The van der Waals surface area contributed by atoms with E-state index in [-0.39, 0.29) is 37.1 Å². The molecule has 0 bridgehead atoms. The second-order valence-electron chi connectivity index (χ2n) is 10.3. The highest BCUT2D eigenvalue weighted by atomic mass is 32.2. The second-order valence-corrected chi connectivity index (χ2v) is 12.2. The van der Waals surface area contributed by atoms with Crippen LogP contribution in [0.25, 0.3) is 0 Å². The summed E-state index contributed by atoms with van der Waals surface area (Å²) < 4.78 is 44.8. The smallest absolute Gasteiger partial charge is 0.404 e. The van der Waals surface area contributed by atoms with Gasteiger partial charge in [-0.05, 0) is 47.7 Å². The fourth-order valence-electron chi connectivity index (χ4n) is 4.55. The Kier molecular flexibility index (Phi) is 10.1. The van der Waals surface area contributed by atoms with Gasteiger partial charge in [0.15, 0.2) is 11.5 Å². The second kappa shape index (κ2) is 13.7. The zero-order chi connectivity index (χ0) is 29.4. The number of sulfonamides is 1. The molecule has 220 valence electrons. The number of hydrogen-bond acceptors (Lipinski definition) is 7. The summed E-state index contributed by atoms with van der Waals surface area (Å²) in [6, 6.07) is 20.6. The topological polar surface area (TPSA) is 135 Å². The van der Waals surface area contributed by atoms with Gasteiger partial charge in [-0.3, -0.25) is 0 Å². The zero-order valence-electron chi connectivity index (χ0n) is 23.1. The highest BCUT2D eigenvalue weighted by molar-refractivity contribution is 7.89. The number of benzene rings is 3. The van der Waals surface area contributed by atoms with E-state index in [0.717, 1.165) is 12.0 Å². The predicted octanol–water partition coefficient (Wildman–Crippen LogP) is 3.92. The third kappa shape index (κ3) is 8.35. The summed E-state index contributed by atoms with van der Waals surface area (Å²) >= 11 is 0. The molecule has 11 heteroatoms. The lowest BCUT2D eigenvalue weighted by Crippen LogP contribution is -2.50. The van der Waals surface area contributed by atoms with Crippen LogP contribution in [0.4, 0.5) is 4.79 Å². The molecule has 1 aliphatic heterocycles. The van der Waals surface area contributed by atoms with Crippen LogP contribution in [-0.2, 0) is 22.9 Å². The summed E-state index contributed by atoms with van der Waals surface area (Å²) in [5, 5.41) is 23.0. The molecule has 3 N–H and O–H groups in total. The van der Waals surface area contributed by atoms with Gasteiger partial charge in [0.25, 0.3) is 0 Å². The molecule has 0 saturated carbocycles. The van der Waals surface area contributed by atoms with Gasteiger partial charge in [-0.1, -0.05) is 56.3 Å². The number of nitrogens with zero attached hydrogens (tertiary/aromatic N) is 1. The van der Waals surface area contributed by atoms with Crippen molar-refractivity contribution in [2.24, 2.45) is 5.92 Å². The first-order valence-electron chi connectivity index (χ1n) is 13.4. The van der Waals surface area contributed by atoms with Gasteiger partial charge in [0.1, 0.15) is 5.75 Å². The Morgan fingerprint density at radius 2 is 1.68 bits per heavy atom. The van der Waals surface area contributed by atoms with Crippen LogP contribution in [0.2, 0.25) is 0 Å². The number of amides is 1. The van der Waals surface area contributed by atoms with E-state index in [1.54, 1.807) is 24.3 Å². The van der Waals surface area contributed by atoms with Crippen LogP contribution in [0.1, 0.15) is 25.0 Å². The Labute approximate surface area is 240 Å². The number of rotatable bonds is 14. The molecule has 0 aromatic heterocycles. The van der Waals surface area contributed by atoms with Crippen molar-refractivity contribution in [3.63, 3.8) is 0 Å². The van der Waals surface area contributed by atoms with Crippen molar-refractivity contribution in [2.45, 2.75) is 43.7 Å². The molecule has 41 heavy (non-hydrogen) atoms. The molecule has 3 aromatic rings. The normalized spacial score (nSPS) is 14.2. The summed E-state index contributed by atoms with van der Waals surface area (Å²) in [7, 11) is -4.04.